The van der Waals surface area contributed by atoms with Crippen molar-refractivity contribution in [3.63, 3.8) is 0 Å². The zero-order chi connectivity index (χ0) is 28.8. The van der Waals surface area contributed by atoms with Crippen molar-refractivity contribution in [2.24, 2.45) is 0 Å². The Morgan fingerprint density at radius 1 is 0.878 bits per heavy atom. The molecule has 0 spiro atoms. The van der Waals surface area contributed by atoms with Gasteiger partial charge in [-0.25, -0.2) is 0 Å². The molecule has 1 saturated heterocycles. The first-order valence-electron chi connectivity index (χ1n) is 12.6. The van der Waals surface area contributed by atoms with Crippen LogP contribution in [0.3, 0.4) is 0 Å². The predicted octanol–water partition coefficient (Wildman–Crippen LogP) is 4.77. The molecule has 0 bridgehead atoms. The molecule has 2 aliphatic rings. The lowest BCUT2D eigenvalue weighted by Gasteiger charge is -2.31. The van der Waals surface area contributed by atoms with E-state index in [9.17, 15) is 27.2 Å². The Kier molecular flexibility index (Phi) is 6.53. The van der Waals surface area contributed by atoms with Gasteiger partial charge in [0.05, 0.1) is 25.3 Å². The highest BCUT2D eigenvalue weighted by molar-refractivity contribution is 6.11. The zero-order valence-electron chi connectivity index (χ0n) is 21.3. The molecule has 1 fully saturated rings. The summed E-state index contributed by atoms with van der Waals surface area (Å²) in [5, 5.41) is 7.56. The quantitative estimate of drug-likeness (QED) is 0.348. The van der Waals surface area contributed by atoms with Crippen LogP contribution in [-0.2, 0) is 11.3 Å². The number of anilines is 1. The van der Waals surface area contributed by atoms with Crippen LogP contribution in [0.4, 0.5) is 23.2 Å². The van der Waals surface area contributed by atoms with E-state index in [1.807, 2.05) is 12.1 Å². The first kappa shape index (κ1) is 26.6. The summed E-state index contributed by atoms with van der Waals surface area (Å²) < 4.78 is 69.2. The summed E-state index contributed by atoms with van der Waals surface area (Å²) in [6, 6.07) is 17.4. The number of fused-ring (bicyclic) bond motifs is 2. The third-order valence-electron chi connectivity index (χ3n) is 6.72. The van der Waals surface area contributed by atoms with Crippen LogP contribution in [0.25, 0.3) is 10.9 Å². The fraction of sp³-hybridized carbons (Fsp3) is 0.250. The van der Waals surface area contributed by atoms with Gasteiger partial charge in [0.2, 0.25) is 0 Å². The van der Waals surface area contributed by atoms with Crippen LogP contribution in [0.15, 0.2) is 66.7 Å². The number of hydrogen-bond donors (Lipinski definition) is 1. The molecule has 3 aromatic carbocycles. The molecule has 0 unspecified atom stereocenters. The fourth-order valence-corrected chi connectivity index (χ4v) is 4.63. The maximum atomic E-state index is 13.6. The van der Waals surface area contributed by atoms with Gasteiger partial charge >= 0.3 is 12.2 Å². The number of rotatable bonds is 5. The van der Waals surface area contributed by atoms with E-state index >= 15 is 0 Å². The Morgan fingerprint density at radius 2 is 1.56 bits per heavy atom. The second kappa shape index (κ2) is 10.1. The van der Waals surface area contributed by atoms with E-state index in [4.69, 9.17) is 4.74 Å². The number of para-hydroxylation sites is 1. The van der Waals surface area contributed by atoms with Crippen LogP contribution in [0, 0.1) is 0 Å². The van der Waals surface area contributed by atoms with Crippen molar-refractivity contribution >= 4 is 28.4 Å². The molecular weight excluding hydrogens is 548 g/mol. The van der Waals surface area contributed by atoms with Gasteiger partial charge in [0, 0.05) is 35.8 Å². The second-order valence-corrected chi connectivity index (χ2v) is 9.48. The largest absolute Gasteiger partial charge is 0.507 e. The van der Waals surface area contributed by atoms with Crippen molar-refractivity contribution in [1.29, 1.82) is 0 Å². The highest BCUT2D eigenvalue weighted by atomic mass is 19.3. The van der Waals surface area contributed by atoms with Gasteiger partial charge in [0.25, 0.3) is 11.8 Å². The Hall–Kier alpha value is -4.65. The second-order valence-electron chi connectivity index (χ2n) is 9.48. The molecule has 2 aliphatic heterocycles. The Bertz CT molecular complexity index is 1630. The lowest BCUT2D eigenvalue weighted by Crippen LogP contribution is -2.52. The van der Waals surface area contributed by atoms with Crippen LogP contribution >= 0.6 is 0 Å². The highest BCUT2D eigenvalue weighted by Crippen LogP contribution is 2.47. The predicted molar refractivity (Wildman–Crippen MR) is 138 cm³/mol. The van der Waals surface area contributed by atoms with Gasteiger partial charge in [-0.05, 0) is 35.9 Å². The first-order valence-corrected chi connectivity index (χ1v) is 12.6. The smallest absolute Gasteiger partial charge is 0.421 e. The number of carbonyl (C=O) groups is 2. The Morgan fingerprint density at radius 3 is 2.29 bits per heavy atom. The number of hydrogen-bond acceptors (Lipinski definition) is 6. The third-order valence-corrected chi connectivity index (χ3v) is 6.72. The maximum Gasteiger partial charge on any atom is 0.507 e. The molecule has 212 valence electrons. The van der Waals surface area contributed by atoms with Gasteiger partial charge in [0.1, 0.15) is 0 Å². The lowest BCUT2D eigenvalue weighted by atomic mass is 10.1. The minimum Gasteiger partial charge on any atom is -0.421 e. The molecule has 41 heavy (non-hydrogen) atoms. The van der Waals surface area contributed by atoms with E-state index in [-0.39, 0.29) is 17.3 Å². The number of alkyl halides is 4. The minimum atomic E-state index is -4.88. The summed E-state index contributed by atoms with van der Waals surface area (Å²) >= 11 is 0. The van der Waals surface area contributed by atoms with E-state index < -0.39 is 29.6 Å². The molecule has 4 aromatic rings. The molecule has 13 heteroatoms. The number of ether oxygens (including phenoxy) is 3. The van der Waals surface area contributed by atoms with Crippen LogP contribution in [0.2, 0.25) is 0 Å². The van der Waals surface area contributed by atoms with Gasteiger partial charge in [-0.2, -0.15) is 22.7 Å². The van der Waals surface area contributed by atoms with Gasteiger partial charge in [-0.15, -0.1) is 0 Å². The summed E-state index contributed by atoms with van der Waals surface area (Å²) in [5.74, 6) is -1.96. The third kappa shape index (κ3) is 5.04. The molecule has 1 N–H and O–H groups in total. The summed E-state index contributed by atoms with van der Waals surface area (Å²) in [6.07, 6.45) is -9.72. The maximum absolute atomic E-state index is 13.6. The van der Waals surface area contributed by atoms with E-state index in [0.29, 0.717) is 49.3 Å². The molecule has 0 radical (unpaired) electrons. The topological polar surface area (TPSA) is 94.9 Å². The van der Waals surface area contributed by atoms with Crippen molar-refractivity contribution < 1.29 is 41.4 Å². The molecule has 0 saturated carbocycles. The molecule has 3 heterocycles. The number of aromatic nitrogens is 2. The number of morpholine rings is 1. The van der Waals surface area contributed by atoms with Crippen LogP contribution in [0.1, 0.15) is 26.4 Å². The number of nitrogens with one attached hydrogen (secondary N) is 1. The average molecular weight is 570 g/mol. The van der Waals surface area contributed by atoms with E-state index in [0.717, 1.165) is 17.7 Å². The molecule has 1 aromatic heterocycles. The number of nitrogens with zero attached hydrogens (tertiary/aromatic N) is 3. The van der Waals surface area contributed by atoms with E-state index in [1.54, 1.807) is 46.0 Å². The average Bonchev–Trinajstić information content (AvgIpc) is 3.32. The van der Waals surface area contributed by atoms with Crippen LogP contribution < -0.4 is 14.8 Å². The normalized spacial score (nSPS) is 17.3. The standard InChI is InChI=1S/C28H22F4N4O5/c29-27(30)28(31,32)41-23-15-19(9-10-22(23)40-27)33-25(37)24-20-3-1-2-4-21(20)36(34-24)16-17-5-7-18(8-6-17)26(38)35-11-13-39-14-12-35/h1-10,15H,11-14,16H2,(H,33,37). The van der Waals surface area contributed by atoms with E-state index in [1.165, 1.54) is 6.07 Å². The van der Waals surface area contributed by atoms with E-state index in [2.05, 4.69) is 19.9 Å². The van der Waals surface area contributed by atoms with Gasteiger partial charge in [-0.1, -0.05) is 30.3 Å². The molecular formula is C28H22F4N4O5. The Labute approximate surface area is 230 Å². The minimum absolute atomic E-state index is 0.0116. The van der Waals surface area contributed by atoms with Crippen LogP contribution in [0.5, 0.6) is 11.5 Å². The first-order chi connectivity index (χ1) is 19.6. The number of benzene rings is 3. The highest BCUT2D eigenvalue weighted by Gasteiger charge is 2.65. The summed E-state index contributed by atoms with van der Waals surface area (Å²) in [7, 11) is 0. The summed E-state index contributed by atoms with van der Waals surface area (Å²) in [6.45, 7) is 2.40. The van der Waals surface area contributed by atoms with Crippen molar-refractivity contribution in [3.05, 3.63) is 83.6 Å². The fourth-order valence-electron chi connectivity index (χ4n) is 4.63. The summed E-state index contributed by atoms with van der Waals surface area (Å²) in [4.78, 5) is 27.7. The molecule has 2 amide bonds. The van der Waals surface area contributed by atoms with Crippen LogP contribution in [-0.4, -0.2) is 65.0 Å². The molecule has 9 nitrogen and oxygen atoms in total. The monoisotopic (exact) mass is 570 g/mol. The van der Waals surface area contributed by atoms with Gasteiger partial charge < -0.3 is 24.4 Å². The van der Waals surface area contributed by atoms with Crippen molar-refractivity contribution in [3.8, 4) is 11.5 Å². The molecule has 0 aliphatic carbocycles. The zero-order valence-corrected chi connectivity index (χ0v) is 21.3. The Balaban J connectivity index is 1.21. The molecule has 6 rings (SSSR count). The van der Waals surface area contributed by atoms with Crippen molar-refractivity contribution in [2.75, 3.05) is 31.6 Å². The summed E-state index contributed by atoms with van der Waals surface area (Å²) in [5.41, 5.74) is 2.13. The van der Waals surface area contributed by atoms with Gasteiger partial charge in [0.15, 0.2) is 17.2 Å². The SMILES string of the molecule is O=C(Nc1ccc2c(c1)OC(F)(F)C(F)(F)O2)c1nn(Cc2ccc(C(=O)N3CCOCC3)cc2)c2ccccc12. The molecule has 0 atom stereocenters. The van der Waals surface area contributed by atoms with Crippen molar-refractivity contribution in [1.82, 2.24) is 14.7 Å². The number of amides is 2. The number of carbonyl (C=O) groups excluding carboxylic acids is 2. The van der Waals surface area contributed by atoms with Gasteiger partial charge in [-0.3, -0.25) is 14.3 Å². The number of halogens is 4. The van der Waals surface area contributed by atoms with Crippen molar-refractivity contribution in [2.45, 2.75) is 18.8 Å². The lowest BCUT2D eigenvalue weighted by molar-refractivity contribution is -0.391.